The molecule has 0 atom stereocenters. The second kappa shape index (κ2) is 14.3. The zero-order chi connectivity index (χ0) is 21.4. The quantitative estimate of drug-likeness (QED) is 0.295. The predicted molar refractivity (Wildman–Crippen MR) is 121 cm³/mol. The van der Waals surface area contributed by atoms with E-state index in [0.717, 1.165) is 35.6 Å². The molecule has 2 N–H and O–H groups in total. The summed E-state index contributed by atoms with van der Waals surface area (Å²) < 4.78 is 21.6. The van der Waals surface area contributed by atoms with Crippen LogP contribution in [0.3, 0.4) is 0 Å². The van der Waals surface area contributed by atoms with Crippen molar-refractivity contribution in [3.05, 3.63) is 54.1 Å². The molecule has 2 rings (SSSR count). The van der Waals surface area contributed by atoms with Crippen molar-refractivity contribution >= 4 is 11.6 Å². The van der Waals surface area contributed by atoms with Gasteiger partial charge < -0.3 is 29.6 Å². The molecule has 0 amide bonds. The molecule has 7 nitrogen and oxygen atoms in total. The Labute approximate surface area is 179 Å². The average molecular weight is 416 g/mol. The van der Waals surface area contributed by atoms with Gasteiger partial charge in [0.25, 0.3) is 0 Å². The second-order valence-corrected chi connectivity index (χ2v) is 6.62. The minimum absolute atomic E-state index is 0.619. The van der Waals surface area contributed by atoms with E-state index in [4.69, 9.17) is 18.9 Å². The van der Waals surface area contributed by atoms with Gasteiger partial charge in [0, 0.05) is 65.6 Å². The molecule has 164 valence electrons. The number of rotatable bonds is 13. The van der Waals surface area contributed by atoms with E-state index in [1.54, 1.807) is 21.3 Å². The zero-order valence-electron chi connectivity index (χ0n) is 18.1. The number of ether oxygens (including phenoxy) is 4. The van der Waals surface area contributed by atoms with Crippen molar-refractivity contribution in [2.45, 2.75) is 19.4 Å². The second-order valence-electron chi connectivity index (χ2n) is 6.62. The highest BCUT2D eigenvalue weighted by molar-refractivity contribution is 5.93. The molecule has 0 aliphatic heterocycles. The van der Waals surface area contributed by atoms with Crippen molar-refractivity contribution in [1.82, 2.24) is 5.32 Å². The fraction of sp³-hybridized carbons (Fsp3) is 0.435. The van der Waals surface area contributed by atoms with Gasteiger partial charge in [-0.2, -0.15) is 0 Å². The maximum absolute atomic E-state index is 5.76. The van der Waals surface area contributed by atoms with Crippen molar-refractivity contribution in [2.75, 3.05) is 53.0 Å². The number of nitrogens with zero attached hydrogens (tertiary/aromatic N) is 1. The van der Waals surface area contributed by atoms with Gasteiger partial charge in [0.2, 0.25) is 0 Å². The summed E-state index contributed by atoms with van der Waals surface area (Å²) in [6, 6.07) is 15.8. The number of guanidine groups is 1. The molecule has 0 aliphatic rings. The molecule has 0 spiro atoms. The molecule has 0 saturated heterocycles. The number of methoxy groups -OCH3 is 2. The Morgan fingerprint density at radius 3 is 2.10 bits per heavy atom. The smallest absolute Gasteiger partial charge is 0.195 e. The first-order valence-corrected chi connectivity index (χ1v) is 10.2. The molecule has 0 saturated carbocycles. The van der Waals surface area contributed by atoms with E-state index in [0.29, 0.717) is 38.9 Å². The molecular weight excluding hydrogens is 382 g/mol. The van der Waals surface area contributed by atoms with Gasteiger partial charge in [-0.1, -0.05) is 18.2 Å². The largest absolute Gasteiger partial charge is 0.493 e. The molecule has 0 aliphatic carbocycles. The van der Waals surface area contributed by atoms with Crippen molar-refractivity contribution < 1.29 is 18.9 Å². The molecule has 30 heavy (non-hydrogen) atoms. The number of aliphatic imine (C=N–C) groups is 1. The molecule has 0 heterocycles. The third-order valence-electron chi connectivity index (χ3n) is 4.20. The van der Waals surface area contributed by atoms with Gasteiger partial charge in [0.15, 0.2) is 5.96 Å². The van der Waals surface area contributed by atoms with E-state index < -0.39 is 0 Å². The van der Waals surface area contributed by atoms with Crippen LogP contribution >= 0.6 is 0 Å². The number of hydrogen-bond donors (Lipinski definition) is 2. The Hall–Kier alpha value is -2.77. The van der Waals surface area contributed by atoms with Crippen molar-refractivity contribution in [3.8, 4) is 11.5 Å². The van der Waals surface area contributed by atoms with E-state index in [1.807, 2.05) is 42.5 Å². The summed E-state index contributed by atoms with van der Waals surface area (Å²) in [5, 5.41) is 6.62. The summed E-state index contributed by atoms with van der Waals surface area (Å²) in [5.41, 5.74) is 2.01. The Balaban J connectivity index is 1.83. The molecule has 0 unspecified atom stereocenters. The third kappa shape index (κ3) is 9.15. The van der Waals surface area contributed by atoms with Gasteiger partial charge in [-0.3, -0.25) is 4.99 Å². The van der Waals surface area contributed by atoms with E-state index >= 15 is 0 Å². The molecular formula is C23H33N3O4. The SMILES string of the molecule is CN=C(NCc1cccc(OCCCOC)c1)Nc1cccc(OCCCOC)c1. The Morgan fingerprint density at radius 2 is 1.47 bits per heavy atom. The maximum Gasteiger partial charge on any atom is 0.195 e. The standard InChI is InChI=1S/C23H33N3O4/c1-24-23(26-20-9-5-11-22(17-20)30-15-7-13-28-3)25-18-19-8-4-10-21(16-19)29-14-6-12-27-2/h4-5,8-11,16-17H,6-7,12-15,18H2,1-3H3,(H2,24,25,26). The Morgan fingerprint density at radius 1 is 0.833 bits per heavy atom. The third-order valence-corrected chi connectivity index (χ3v) is 4.20. The van der Waals surface area contributed by atoms with Gasteiger partial charge in [-0.25, -0.2) is 0 Å². The van der Waals surface area contributed by atoms with E-state index in [1.165, 1.54) is 0 Å². The molecule has 0 radical (unpaired) electrons. The predicted octanol–water partition coefficient (Wildman–Crippen LogP) is 3.70. The molecule has 2 aromatic carbocycles. The molecule has 0 bridgehead atoms. The van der Waals surface area contributed by atoms with Gasteiger partial charge in [0.1, 0.15) is 11.5 Å². The van der Waals surface area contributed by atoms with Gasteiger partial charge in [0.05, 0.1) is 13.2 Å². The van der Waals surface area contributed by atoms with E-state index in [9.17, 15) is 0 Å². The van der Waals surface area contributed by atoms with E-state index in [2.05, 4.69) is 21.7 Å². The van der Waals surface area contributed by atoms with Crippen LogP contribution in [0.25, 0.3) is 0 Å². The number of anilines is 1. The summed E-state index contributed by atoms with van der Waals surface area (Å²) in [7, 11) is 5.13. The first-order chi connectivity index (χ1) is 14.7. The van der Waals surface area contributed by atoms with Crippen molar-refractivity contribution in [1.29, 1.82) is 0 Å². The molecule has 2 aromatic rings. The highest BCUT2D eigenvalue weighted by Crippen LogP contribution is 2.18. The Bertz CT molecular complexity index is 768. The van der Waals surface area contributed by atoms with Crippen LogP contribution in [0, 0.1) is 0 Å². The fourth-order valence-electron chi connectivity index (χ4n) is 2.70. The van der Waals surface area contributed by atoms with Crippen LogP contribution in [0.2, 0.25) is 0 Å². The summed E-state index contributed by atoms with van der Waals surface area (Å²) in [6.07, 6.45) is 1.72. The number of hydrogen-bond acceptors (Lipinski definition) is 5. The van der Waals surface area contributed by atoms with Crippen LogP contribution in [0.15, 0.2) is 53.5 Å². The summed E-state index contributed by atoms with van der Waals surface area (Å²) in [6.45, 7) is 3.27. The first kappa shape index (κ1) is 23.5. The number of benzene rings is 2. The average Bonchev–Trinajstić information content (AvgIpc) is 2.78. The first-order valence-electron chi connectivity index (χ1n) is 10.2. The number of nitrogens with one attached hydrogen (secondary N) is 2. The van der Waals surface area contributed by atoms with Crippen LogP contribution in [0.5, 0.6) is 11.5 Å². The lowest BCUT2D eigenvalue weighted by Crippen LogP contribution is -2.30. The minimum Gasteiger partial charge on any atom is -0.493 e. The van der Waals surface area contributed by atoms with Crippen LogP contribution in [-0.2, 0) is 16.0 Å². The van der Waals surface area contributed by atoms with Crippen molar-refractivity contribution in [3.63, 3.8) is 0 Å². The van der Waals surface area contributed by atoms with Crippen LogP contribution in [-0.4, -0.2) is 53.7 Å². The summed E-state index contributed by atoms with van der Waals surface area (Å²) >= 11 is 0. The Kier molecular flexibility index (Phi) is 11.2. The molecule has 0 aromatic heterocycles. The zero-order valence-corrected chi connectivity index (χ0v) is 18.1. The highest BCUT2D eigenvalue weighted by Gasteiger charge is 2.03. The lowest BCUT2D eigenvalue weighted by molar-refractivity contribution is 0.172. The van der Waals surface area contributed by atoms with Crippen LogP contribution < -0.4 is 20.1 Å². The van der Waals surface area contributed by atoms with Gasteiger partial charge in [-0.15, -0.1) is 0 Å². The van der Waals surface area contributed by atoms with Gasteiger partial charge in [-0.05, 0) is 29.8 Å². The monoisotopic (exact) mass is 415 g/mol. The summed E-state index contributed by atoms with van der Waals surface area (Å²) in [4.78, 5) is 4.30. The lowest BCUT2D eigenvalue weighted by Gasteiger charge is -2.14. The maximum atomic E-state index is 5.76. The molecule has 0 fully saturated rings. The van der Waals surface area contributed by atoms with Crippen LogP contribution in [0.1, 0.15) is 18.4 Å². The topological polar surface area (TPSA) is 73.3 Å². The van der Waals surface area contributed by atoms with Crippen molar-refractivity contribution in [2.24, 2.45) is 4.99 Å². The normalized spacial score (nSPS) is 11.2. The van der Waals surface area contributed by atoms with Gasteiger partial charge >= 0.3 is 0 Å². The fourth-order valence-corrected chi connectivity index (χ4v) is 2.70. The molecule has 7 heteroatoms. The lowest BCUT2D eigenvalue weighted by atomic mass is 10.2. The van der Waals surface area contributed by atoms with E-state index in [-0.39, 0.29) is 0 Å². The minimum atomic E-state index is 0.619. The highest BCUT2D eigenvalue weighted by atomic mass is 16.5. The van der Waals surface area contributed by atoms with Crippen LogP contribution in [0.4, 0.5) is 5.69 Å². The summed E-state index contributed by atoms with van der Waals surface area (Å²) in [5.74, 6) is 2.34.